The molecule has 33 heavy (non-hydrogen) atoms. The number of likely N-dealkylation sites (tertiary alicyclic amines) is 1. The molecule has 9 heteroatoms. The number of aromatic nitrogens is 1. The minimum Gasteiger partial charge on any atom is -0.354 e. The van der Waals surface area contributed by atoms with Gasteiger partial charge in [-0.05, 0) is 50.2 Å². The van der Waals surface area contributed by atoms with Crippen molar-refractivity contribution in [3.05, 3.63) is 33.0 Å². The molecule has 0 radical (unpaired) electrons. The third kappa shape index (κ3) is 4.76. The van der Waals surface area contributed by atoms with E-state index in [9.17, 15) is 14.4 Å². The minimum atomic E-state index is -0.396. The van der Waals surface area contributed by atoms with Crippen LogP contribution in [0, 0.1) is 5.92 Å². The summed E-state index contributed by atoms with van der Waals surface area (Å²) in [5.41, 5.74) is 0.712. The summed E-state index contributed by atoms with van der Waals surface area (Å²) in [4.78, 5) is 46.5. The molecule has 2 aromatic rings. The van der Waals surface area contributed by atoms with Crippen LogP contribution in [0.2, 0.25) is 0 Å². The maximum Gasteiger partial charge on any atom is 0.267 e. The molecule has 0 unspecified atom stereocenters. The number of hydrogen-bond acceptors (Lipinski definition) is 7. The van der Waals surface area contributed by atoms with Crippen LogP contribution >= 0.6 is 22.7 Å². The van der Waals surface area contributed by atoms with Crippen molar-refractivity contribution in [3.8, 4) is 0 Å². The van der Waals surface area contributed by atoms with E-state index in [0.29, 0.717) is 33.5 Å². The highest BCUT2D eigenvalue weighted by atomic mass is 32.1. The van der Waals surface area contributed by atoms with Crippen LogP contribution in [0.5, 0.6) is 0 Å². The molecule has 5 rings (SSSR count). The number of nitrogens with one attached hydrogen (secondary N) is 2. The Morgan fingerprint density at radius 3 is 2.64 bits per heavy atom. The van der Waals surface area contributed by atoms with Crippen molar-refractivity contribution < 1.29 is 14.4 Å². The largest absolute Gasteiger partial charge is 0.354 e. The molecule has 2 N–H and O–H groups in total. The maximum absolute atomic E-state index is 13.1. The number of carbonyl (C=O) groups is 3. The van der Waals surface area contributed by atoms with Crippen LogP contribution in [0.3, 0.4) is 0 Å². The van der Waals surface area contributed by atoms with Crippen molar-refractivity contribution in [2.75, 3.05) is 25.0 Å². The Kier molecular flexibility index (Phi) is 6.62. The first-order valence-corrected chi connectivity index (χ1v) is 13.6. The number of thiazole rings is 1. The zero-order valence-corrected chi connectivity index (χ0v) is 20.4. The lowest BCUT2D eigenvalue weighted by Crippen LogP contribution is -2.56. The van der Waals surface area contributed by atoms with E-state index in [1.54, 1.807) is 6.07 Å². The molecule has 1 saturated heterocycles. The predicted octanol–water partition coefficient (Wildman–Crippen LogP) is 4.12. The average molecular weight is 487 g/mol. The number of nitrogens with zero attached hydrogens (tertiary/aromatic N) is 2. The second kappa shape index (κ2) is 9.64. The van der Waals surface area contributed by atoms with Crippen LogP contribution in [-0.2, 0) is 11.2 Å². The van der Waals surface area contributed by atoms with Gasteiger partial charge in [-0.3, -0.25) is 24.6 Å². The van der Waals surface area contributed by atoms with Crippen LogP contribution < -0.4 is 10.6 Å². The molecule has 1 atom stereocenters. The predicted molar refractivity (Wildman–Crippen MR) is 130 cm³/mol. The van der Waals surface area contributed by atoms with Gasteiger partial charge >= 0.3 is 0 Å². The van der Waals surface area contributed by atoms with Crippen molar-refractivity contribution >= 4 is 45.4 Å². The Bertz CT molecular complexity index is 1020. The summed E-state index contributed by atoms with van der Waals surface area (Å²) in [6, 6.07) is 3.57. The molecule has 2 aliphatic carbocycles. The van der Waals surface area contributed by atoms with Crippen LogP contribution in [0.15, 0.2) is 17.5 Å². The molecule has 2 amide bonds. The first-order chi connectivity index (χ1) is 16.0. The first-order valence-electron chi connectivity index (χ1n) is 11.9. The van der Waals surface area contributed by atoms with Gasteiger partial charge in [0.15, 0.2) is 10.9 Å². The molecule has 7 nitrogen and oxygen atoms in total. The normalized spacial score (nSPS) is 22.7. The quantitative estimate of drug-likeness (QED) is 0.641. The topological polar surface area (TPSA) is 91.4 Å². The molecule has 1 saturated carbocycles. The van der Waals surface area contributed by atoms with Gasteiger partial charge in [-0.25, -0.2) is 4.98 Å². The minimum absolute atomic E-state index is 0.0468. The number of piperidine rings is 1. The van der Waals surface area contributed by atoms with E-state index in [-0.39, 0.29) is 29.6 Å². The van der Waals surface area contributed by atoms with Crippen molar-refractivity contribution in [2.45, 2.75) is 63.3 Å². The summed E-state index contributed by atoms with van der Waals surface area (Å²) < 4.78 is 0. The number of thiophene rings is 1. The number of hydrogen-bond donors (Lipinski definition) is 2. The number of anilines is 1. The van der Waals surface area contributed by atoms with Crippen molar-refractivity contribution in [1.29, 1.82) is 0 Å². The summed E-state index contributed by atoms with van der Waals surface area (Å²) in [5, 5.41) is 8.27. The number of fused-ring (bicyclic) bond motifs is 1. The molecule has 3 heterocycles. The molecule has 1 aliphatic heterocycles. The van der Waals surface area contributed by atoms with Gasteiger partial charge < -0.3 is 5.32 Å². The molecule has 0 aromatic carbocycles. The zero-order chi connectivity index (χ0) is 22.8. The highest BCUT2D eigenvalue weighted by molar-refractivity contribution is 7.18. The van der Waals surface area contributed by atoms with Gasteiger partial charge in [-0.2, -0.15) is 0 Å². The Balaban J connectivity index is 1.22. The molecular formula is C24H30N4O3S2. The van der Waals surface area contributed by atoms with Crippen molar-refractivity contribution in [3.63, 3.8) is 0 Å². The Morgan fingerprint density at radius 2 is 1.91 bits per heavy atom. The fraction of sp³-hybridized carbons (Fsp3) is 0.583. The lowest BCUT2D eigenvalue weighted by atomic mass is 9.88. The third-order valence-electron chi connectivity index (χ3n) is 7.31. The summed E-state index contributed by atoms with van der Waals surface area (Å²) in [6.07, 6.45) is 9.14. The van der Waals surface area contributed by atoms with Crippen molar-refractivity contribution in [1.82, 2.24) is 15.2 Å². The van der Waals surface area contributed by atoms with Crippen LogP contribution in [-0.4, -0.2) is 52.7 Å². The summed E-state index contributed by atoms with van der Waals surface area (Å²) in [5.74, 6) is -0.725. The fourth-order valence-electron chi connectivity index (χ4n) is 5.54. The highest BCUT2D eigenvalue weighted by Crippen LogP contribution is 2.37. The highest BCUT2D eigenvalue weighted by Gasteiger charge is 2.41. The zero-order valence-electron chi connectivity index (χ0n) is 18.7. The van der Waals surface area contributed by atoms with Crippen LogP contribution in [0.1, 0.15) is 76.4 Å². The van der Waals surface area contributed by atoms with Crippen molar-refractivity contribution in [2.24, 2.45) is 5.92 Å². The second-order valence-corrected chi connectivity index (χ2v) is 11.4. The number of rotatable bonds is 6. The molecule has 3 aliphatic rings. The summed E-state index contributed by atoms with van der Waals surface area (Å²) in [6.45, 7) is 2.92. The van der Waals surface area contributed by atoms with Crippen LogP contribution in [0.25, 0.3) is 0 Å². The smallest absolute Gasteiger partial charge is 0.267 e. The number of ketones is 1. The Morgan fingerprint density at radius 1 is 1.12 bits per heavy atom. The third-order valence-corrected chi connectivity index (χ3v) is 9.23. The Hall–Kier alpha value is -2.10. The van der Waals surface area contributed by atoms with E-state index in [4.69, 9.17) is 0 Å². The lowest BCUT2D eigenvalue weighted by molar-refractivity contribution is -0.125. The van der Waals surface area contributed by atoms with E-state index in [2.05, 4.69) is 20.5 Å². The monoisotopic (exact) mass is 486 g/mol. The summed E-state index contributed by atoms with van der Waals surface area (Å²) in [7, 11) is 0. The van der Waals surface area contributed by atoms with Gasteiger partial charge in [0.25, 0.3) is 5.91 Å². The fourth-order valence-corrected chi connectivity index (χ4v) is 7.09. The number of Topliss-reactive ketones (excluding diaryl/α,β-unsaturated/α-hetero) is 1. The van der Waals surface area contributed by atoms with E-state index >= 15 is 0 Å². The number of carbonyl (C=O) groups excluding carboxylic acids is 3. The Labute approximate surface area is 202 Å². The van der Waals surface area contributed by atoms with Gasteiger partial charge in [0, 0.05) is 24.9 Å². The molecule has 0 spiro atoms. The first kappa shape index (κ1) is 22.7. The maximum atomic E-state index is 13.1. The molecule has 2 fully saturated rings. The molecule has 2 aromatic heterocycles. The average Bonchev–Trinajstić information content (AvgIpc) is 3.59. The number of amides is 2. The van der Waals surface area contributed by atoms with E-state index in [1.807, 2.05) is 11.4 Å². The van der Waals surface area contributed by atoms with E-state index in [1.165, 1.54) is 54.8 Å². The SMILES string of the molecule is O=C(Nc1nc2c(s1)C(=O)C[C@@H](C(=O)NCC1(N3CCCCC3)CCCC1)C2)c1cccs1. The van der Waals surface area contributed by atoms with E-state index in [0.717, 1.165) is 25.9 Å². The van der Waals surface area contributed by atoms with Crippen LogP contribution in [0.4, 0.5) is 5.13 Å². The van der Waals surface area contributed by atoms with Gasteiger partial charge in [0.1, 0.15) is 0 Å². The molecule has 176 valence electrons. The second-order valence-electron chi connectivity index (χ2n) is 9.45. The van der Waals surface area contributed by atoms with Gasteiger partial charge in [-0.1, -0.05) is 36.7 Å². The molecule has 0 bridgehead atoms. The standard InChI is InChI=1S/C24H30N4O3S2/c29-18-14-16(13-17-20(18)33-23(26-17)27-22(31)19-7-6-12-32-19)21(30)25-15-24(8-2-3-9-24)28-10-4-1-5-11-28/h6-7,12,16H,1-5,8-11,13-15H2,(H,25,30)(H,26,27,31)/t16-/m0/s1. The summed E-state index contributed by atoms with van der Waals surface area (Å²) >= 11 is 2.57. The molecular weight excluding hydrogens is 456 g/mol. The van der Waals surface area contributed by atoms with Gasteiger partial charge in [-0.15, -0.1) is 11.3 Å². The van der Waals surface area contributed by atoms with Gasteiger partial charge in [0.2, 0.25) is 5.91 Å². The van der Waals surface area contributed by atoms with E-state index < -0.39 is 5.92 Å². The van der Waals surface area contributed by atoms with Gasteiger partial charge in [0.05, 0.1) is 21.4 Å². The lowest BCUT2D eigenvalue weighted by Gasteiger charge is -2.44.